The topological polar surface area (TPSA) is 67.5 Å². The predicted molar refractivity (Wildman–Crippen MR) is 64.6 cm³/mol. The van der Waals surface area contributed by atoms with Crippen LogP contribution in [0.2, 0.25) is 0 Å². The number of aliphatic hydroxyl groups is 1. The van der Waals surface area contributed by atoms with E-state index in [0.717, 1.165) is 30.8 Å². The number of nitrogens with one attached hydrogen (secondary N) is 1. The zero-order valence-electron chi connectivity index (χ0n) is 9.44. The van der Waals surface area contributed by atoms with Gasteiger partial charge in [0, 0.05) is 12.6 Å². The lowest BCUT2D eigenvalue weighted by molar-refractivity contribution is 0.0487. The first kappa shape index (κ1) is 11.1. The maximum Gasteiger partial charge on any atom is 0.121 e. The lowest BCUT2D eigenvalue weighted by Gasteiger charge is -2.31. The highest BCUT2D eigenvalue weighted by atomic mass is 16.5. The Bertz CT molecular complexity index is 362. The standard InChI is InChI=1S/C12H18N2O2/c1-16-10-2-3-12(11(13)6-10)14-7-8-4-9(15)5-8/h2-3,6,8-9,14-15H,4-5,7,13H2,1H3. The second-order valence-corrected chi connectivity index (χ2v) is 4.33. The summed E-state index contributed by atoms with van der Waals surface area (Å²) >= 11 is 0. The number of aliphatic hydroxyl groups excluding tert-OH is 1. The molecule has 0 aromatic heterocycles. The van der Waals surface area contributed by atoms with Gasteiger partial charge in [-0.15, -0.1) is 0 Å². The van der Waals surface area contributed by atoms with Gasteiger partial charge in [-0.25, -0.2) is 0 Å². The Kier molecular flexibility index (Phi) is 3.19. The van der Waals surface area contributed by atoms with Crippen LogP contribution in [0.3, 0.4) is 0 Å². The molecule has 0 bridgehead atoms. The monoisotopic (exact) mass is 222 g/mol. The molecule has 4 N–H and O–H groups in total. The minimum Gasteiger partial charge on any atom is -0.497 e. The van der Waals surface area contributed by atoms with E-state index in [1.807, 2.05) is 12.1 Å². The number of benzene rings is 1. The Balaban J connectivity index is 1.89. The number of anilines is 2. The van der Waals surface area contributed by atoms with Gasteiger partial charge >= 0.3 is 0 Å². The molecular weight excluding hydrogens is 204 g/mol. The number of hydrogen-bond donors (Lipinski definition) is 3. The van der Waals surface area contributed by atoms with Crippen LogP contribution in [0, 0.1) is 5.92 Å². The number of ether oxygens (including phenoxy) is 1. The first-order valence-corrected chi connectivity index (χ1v) is 5.54. The van der Waals surface area contributed by atoms with Gasteiger partial charge in [-0.3, -0.25) is 0 Å². The molecule has 1 aromatic carbocycles. The van der Waals surface area contributed by atoms with E-state index in [0.29, 0.717) is 11.6 Å². The third-order valence-electron chi connectivity index (χ3n) is 3.05. The number of nitrogens with two attached hydrogens (primary N) is 1. The highest BCUT2D eigenvalue weighted by Gasteiger charge is 2.26. The van der Waals surface area contributed by atoms with Crippen molar-refractivity contribution in [1.29, 1.82) is 0 Å². The van der Waals surface area contributed by atoms with E-state index in [9.17, 15) is 0 Å². The Labute approximate surface area is 95.4 Å². The van der Waals surface area contributed by atoms with E-state index >= 15 is 0 Å². The highest BCUT2D eigenvalue weighted by Crippen LogP contribution is 2.29. The smallest absolute Gasteiger partial charge is 0.121 e. The van der Waals surface area contributed by atoms with Gasteiger partial charge in [0.1, 0.15) is 5.75 Å². The van der Waals surface area contributed by atoms with Crippen LogP contribution in [0.4, 0.5) is 11.4 Å². The fourth-order valence-electron chi connectivity index (χ4n) is 1.95. The maximum atomic E-state index is 9.17. The Morgan fingerprint density at radius 3 is 2.81 bits per heavy atom. The minimum absolute atomic E-state index is 0.0972. The molecule has 1 fully saturated rings. The summed E-state index contributed by atoms with van der Waals surface area (Å²) in [5.74, 6) is 1.33. The van der Waals surface area contributed by atoms with Crippen LogP contribution in [-0.2, 0) is 0 Å². The first-order valence-electron chi connectivity index (χ1n) is 5.54. The van der Waals surface area contributed by atoms with Crippen LogP contribution < -0.4 is 15.8 Å². The molecule has 0 aliphatic heterocycles. The van der Waals surface area contributed by atoms with Crippen molar-refractivity contribution in [1.82, 2.24) is 0 Å². The molecule has 0 atom stereocenters. The van der Waals surface area contributed by atoms with Crippen LogP contribution in [0.1, 0.15) is 12.8 Å². The normalized spacial score (nSPS) is 23.6. The lowest BCUT2D eigenvalue weighted by atomic mass is 9.82. The van der Waals surface area contributed by atoms with E-state index in [2.05, 4.69) is 5.32 Å². The van der Waals surface area contributed by atoms with Gasteiger partial charge in [-0.2, -0.15) is 0 Å². The lowest BCUT2D eigenvalue weighted by Crippen LogP contribution is -2.33. The average molecular weight is 222 g/mol. The van der Waals surface area contributed by atoms with Gasteiger partial charge in [0.05, 0.1) is 24.6 Å². The van der Waals surface area contributed by atoms with Crippen molar-refractivity contribution in [2.24, 2.45) is 5.92 Å². The van der Waals surface area contributed by atoms with Gasteiger partial charge < -0.3 is 20.9 Å². The summed E-state index contributed by atoms with van der Waals surface area (Å²) in [5.41, 5.74) is 7.50. The van der Waals surface area contributed by atoms with Crippen LogP contribution in [0.5, 0.6) is 5.75 Å². The van der Waals surface area contributed by atoms with Crippen LogP contribution in [0.15, 0.2) is 18.2 Å². The quantitative estimate of drug-likeness (QED) is 0.675. The van der Waals surface area contributed by atoms with E-state index in [4.69, 9.17) is 15.6 Å². The SMILES string of the molecule is COc1ccc(NCC2CC(O)C2)c(N)c1. The van der Waals surface area contributed by atoms with Crippen molar-refractivity contribution < 1.29 is 9.84 Å². The molecule has 0 unspecified atom stereocenters. The fraction of sp³-hybridized carbons (Fsp3) is 0.500. The van der Waals surface area contributed by atoms with Gasteiger partial charge in [0.2, 0.25) is 0 Å². The Hall–Kier alpha value is -1.42. The van der Waals surface area contributed by atoms with E-state index in [1.54, 1.807) is 13.2 Å². The third-order valence-corrected chi connectivity index (χ3v) is 3.05. The number of nitrogen functional groups attached to an aromatic ring is 1. The van der Waals surface area contributed by atoms with Crippen LogP contribution in [-0.4, -0.2) is 24.9 Å². The average Bonchev–Trinajstić information content (AvgIpc) is 2.24. The van der Waals surface area contributed by atoms with Gasteiger partial charge in [-0.05, 0) is 30.9 Å². The Morgan fingerprint density at radius 1 is 1.50 bits per heavy atom. The van der Waals surface area contributed by atoms with E-state index in [-0.39, 0.29) is 6.10 Å². The van der Waals surface area contributed by atoms with Crippen molar-refractivity contribution in [2.45, 2.75) is 18.9 Å². The van der Waals surface area contributed by atoms with Gasteiger partial charge in [-0.1, -0.05) is 0 Å². The Morgan fingerprint density at radius 2 is 2.25 bits per heavy atom. The third kappa shape index (κ3) is 2.39. The summed E-state index contributed by atoms with van der Waals surface area (Å²) in [7, 11) is 1.62. The molecular formula is C12H18N2O2. The molecule has 0 saturated heterocycles. The molecule has 1 saturated carbocycles. The molecule has 4 nitrogen and oxygen atoms in total. The molecule has 16 heavy (non-hydrogen) atoms. The van der Waals surface area contributed by atoms with Crippen molar-refractivity contribution in [2.75, 3.05) is 24.7 Å². The molecule has 2 rings (SSSR count). The van der Waals surface area contributed by atoms with Gasteiger partial charge in [0.15, 0.2) is 0 Å². The summed E-state index contributed by atoms with van der Waals surface area (Å²) < 4.78 is 5.08. The highest BCUT2D eigenvalue weighted by molar-refractivity contribution is 5.68. The van der Waals surface area contributed by atoms with E-state index < -0.39 is 0 Å². The van der Waals surface area contributed by atoms with Crippen molar-refractivity contribution in [3.05, 3.63) is 18.2 Å². The van der Waals surface area contributed by atoms with Crippen LogP contribution >= 0.6 is 0 Å². The van der Waals surface area contributed by atoms with Gasteiger partial charge in [0.25, 0.3) is 0 Å². The number of rotatable bonds is 4. The molecule has 0 radical (unpaired) electrons. The first-order chi connectivity index (χ1) is 7.69. The second-order valence-electron chi connectivity index (χ2n) is 4.33. The predicted octanol–water partition coefficient (Wildman–Crippen LogP) is 1.46. The summed E-state index contributed by atoms with van der Waals surface area (Å²) in [4.78, 5) is 0. The second kappa shape index (κ2) is 4.61. The molecule has 0 heterocycles. The zero-order valence-corrected chi connectivity index (χ0v) is 9.44. The fourth-order valence-corrected chi connectivity index (χ4v) is 1.95. The molecule has 4 heteroatoms. The largest absolute Gasteiger partial charge is 0.497 e. The molecule has 0 spiro atoms. The van der Waals surface area contributed by atoms with Crippen molar-refractivity contribution >= 4 is 11.4 Å². The van der Waals surface area contributed by atoms with E-state index in [1.165, 1.54) is 0 Å². The summed E-state index contributed by atoms with van der Waals surface area (Å²) in [5, 5.41) is 12.5. The molecule has 1 aromatic rings. The minimum atomic E-state index is -0.0972. The number of hydrogen-bond acceptors (Lipinski definition) is 4. The van der Waals surface area contributed by atoms with Crippen molar-refractivity contribution in [3.8, 4) is 5.75 Å². The molecule has 88 valence electrons. The van der Waals surface area contributed by atoms with Crippen molar-refractivity contribution in [3.63, 3.8) is 0 Å². The molecule has 1 aliphatic rings. The maximum absolute atomic E-state index is 9.17. The van der Waals surface area contributed by atoms with Crippen LogP contribution in [0.25, 0.3) is 0 Å². The molecule has 1 aliphatic carbocycles. The molecule has 0 amide bonds. The zero-order chi connectivity index (χ0) is 11.5. The number of methoxy groups -OCH3 is 1. The summed E-state index contributed by atoms with van der Waals surface area (Å²) in [6.07, 6.45) is 1.69. The summed E-state index contributed by atoms with van der Waals surface area (Å²) in [6, 6.07) is 5.61. The summed E-state index contributed by atoms with van der Waals surface area (Å²) in [6.45, 7) is 0.869.